The van der Waals surface area contributed by atoms with Crippen LogP contribution >= 0.6 is 0 Å². The van der Waals surface area contributed by atoms with E-state index in [1.54, 1.807) is 18.0 Å². The zero-order valence-electron chi connectivity index (χ0n) is 16.4. The molecule has 2 aromatic rings. The van der Waals surface area contributed by atoms with Gasteiger partial charge < -0.3 is 15.1 Å². The number of benzene rings is 1. The zero-order valence-corrected chi connectivity index (χ0v) is 16.4. The molecule has 3 atom stereocenters. The average Bonchev–Trinajstić information content (AvgIpc) is 3.40. The molecule has 152 valence electrons. The van der Waals surface area contributed by atoms with Gasteiger partial charge in [-0.1, -0.05) is 37.3 Å². The summed E-state index contributed by atoms with van der Waals surface area (Å²) in [5.41, 5.74) is 1.77. The van der Waals surface area contributed by atoms with Gasteiger partial charge in [-0.3, -0.25) is 19.5 Å². The van der Waals surface area contributed by atoms with Gasteiger partial charge in [-0.2, -0.15) is 5.10 Å². The SMILES string of the molecule is CCC(=O)N1CC(=O)N2[C@@H](C[C@H](C(=O)NCc3ccn[nH]3)[C@@H]2c2ccccc2)C1. The predicted molar refractivity (Wildman–Crippen MR) is 105 cm³/mol. The number of fused-ring (bicyclic) bond motifs is 1. The average molecular weight is 395 g/mol. The number of hydrogen-bond acceptors (Lipinski definition) is 4. The molecule has 2 aliphatic rings. The summed E-state index contributed by atoms with van der Waals surface area (Å²) in [6.07, 6.45) is 2.55. The second-order valence-electron chi connectivity index (χ2n) is 7.58. The van der Waals surface area contributed by atoms with Crippen LogP contribution in [-0.2, 0) is 20.9 Å². The lowest BCUT2D eigenvalue weighted by Gasteiger charge is -2.40. The van der Waals surface area contributed by atoms with Gasteiger partial charge in [0.05, 0.1) is 36.8 Å². The van der Waals surface area contributed by atoms with Crippen LogP contribution in [0.15, 0.2) is 42.6 Å². The summed E-state index contributed by atoms with van der Waals surface area (Å²) < 4.78 is 0. The van der Waals surface area contributed by atoms with Gasteiger partial charge in [0, 0.05) is 19.2 Å². The molecule has 2 aliphatic heterocycles. The molecule has 29 heavy (non-hydrogen) atoms. The van der Waals surface area contributed by atoms with E-state index in [1.165, 1.54) is 0 Å². The highest BCUT2D eigenvalue weighted by Gasteiger charge is 2.50. The molecule has 2 saturated heterocycles. The molecule has 2 fully saturated rings. The van der Waals surface area contributed by atoms with Crippen LogP contribution in [0.2, 0.25) is 0 Å². The molecule has 4 rings (SSSR count). The van der Waals surface area contributed by atoms with Crippen molar-refractivity contribution in [3.05, 3.63) is 53.9 Å². The van der Waals surface area contributed by atoms with Crippen molar-refractivity contribution in [3.63, 3.8) is 0 Å². The van der Waals surface area contributed by atoms with Crippen molar-refractivity contribution in [2.75, 3.05) is 13.1 Å². The summed E-state index contributed by atoms with van der Waals surface area (Å²) in [6, 6.07) is 11.0. The quantitative estimate of drug-likeness (QED) is 0.796. The van der Waals surface area contributed by atoms with Crippen LogP contribution in [0.1, 0.15) is 37.1 Å². The van der Waals surface area contributed by atoms with Gasteiger partial charge in [0.2, 0.25) is 17.7 Å². The van der Waals surface area contributed by atoms with Crippen molar-refractivity contribution in [2.24, 2.45) is 5.92 Å². The Morgan fingerprint density at radius 3 is 2.72 bits per heavy atom. The third kappa shape index (κ3) is 3.74. The molecule has 0 spiro atoms. The minimum absolute atomic E-state index is 0.0265. The third-order valence-corrected chi connectivity index (χ3v) is 5.79. The van der Waals surface area contributed by atoms with Crippen LogP contribution < -0.4 is 5.32 Å². The molecule has 8 nitrogen and oxygen atoms in total. The van der Waals surface area contributed by atoms with Gasteiger partial charge in [0.15, 0.2) is 0 Å². The van der Waals surface area contributed by atoms with Gasteiger partial charge in [-0.15, -0.1) is 0 Å². The van der Waals surface area contributed by atoms with Crippen LogP contribution in [-0.4, -0.2) is 56.9 Å². The molecular weight excluding hydrogens is 370 g/mol. The largest absolute Gasteiger partial charge is 0.350 e. The normalized spacial score (nSPS) is 23.8. The van der Waals surface area contributed by atoms with Crippen molar-refractivity contribution in [2.45, 2.75) is 38.4 Å². The first-order valence-electron chi connectivity index (χ1n) is 9.98. The molecule has 0 unspecified atom stereocenters. The van der Waals surface area contributed by atoms with Crippen LogP contribution in [0.25, 0.3) is 0 Å². The summed E-state index contributed by atoms with van der Waals surface area (Å²) in [7, 11) is 0. The van der Waals surface area contributed by atoms with Gasteiger partial charge >= 0.3 is 0 Å². The van der Waals surface area contributed by atoms with Crippen molar-refractivity contribution < 1.29 is 14.4 Å². The number of hydrogen-bond donors (Lipinski definition) is 2. The maximum Gasteiger partial charge on any atom is 0.243 e. The fraction of sp³-hybridized carbons (Fsp3) is 0.429. The van der Waals surface area contributed by atoms with E-state index in [9.17, 15) is 14.4 Å². The number of rotatable bonds is 5. The Hall–Kier alpha value is -3.16. The molecule has 3 heterocycles. The van der Waals surface area contributed by atoms with Crippen molar-refractivity contribution in [1.82, 2.24) is 25.3 Å². The van der Waals surface area contributed by atoms with Crippen molar-refractivity contribution >= 4 is 17.7 Å². The van der Waals surface area contributed by atoms with E-state index < -0.39 is 0 Å². The number of piperazine rings is 1. The number of nitrogens with one attached hydrogen (secondary N) is 2. The maximum atomic E-state index is 13.1. The summed E-state index contributed by atoms with van der Waals surface area (Å²) in [6.45, 7) is 2.71. The third-order valence-electron chi connectivity index (χ3n) is 5.79. The monoisotopic (exact) mass is 395 g/mol. The number of aromatic nitrogens is 2. The minimum Gasteiger partial charge on any atom is -0.350 e. The first kappa shape index (κ1) is 19.2. The summed E-state index contributed by atoms with van der Waals surface area (Å²) in [5, 5.41) is 9.70. The van der Waals surface area contributed by atoms with E-state index in [1.807, 2.05) is 41.3 Å². The standard InChI is InChI=1S/C21H25N5O3/c1-2-18(27)25-12-16-10-17(21(29)22-11-15-8-9-23-24-15)20(26(16)19(28)13-25)14-6-4-3-5-7-14/h3-9,16-17,20H,2,10-13H2,1H3,(H,22,29)(H,23,24)/t16-,17-,20-/m0/s1. The molecule has 0 saturated carbocycles. The molecular formula is C21H25N5O3. The van der Waals surface area contributed by atoms with Crippen LogP contribution in [0.4, 0.5) is 0 Å². The smallest absolute Gasteiger partial charge is 0.243 e. The number of amides is 3. The number of aromatic amines is 1. The molecule has 2 N–H and O–H groups in total. The molecule has 1 aromatic carbocycles. The Labute approximate surface area is 169 Å². The van der Waals surface area contributed by atoms with E-state index in [-0.39, 0.29) is 42.3 Å². The van der Waals surface area contributed by atoms with Crippen molar-refractivity contribution in [1.29, 1.82) is 0 Å². The Bertz CT molecular complexity index is 883. The fourth-order valence-electron chi connectivity index (χ4n) is 4.45. The summed E-state index contributed by atoms with van der Waals surface area (Å²) in [4.78, 5) is 41.7. The topological polar surface area (TPSA) is 98.4 Å². The minimum atomic E-state index is -0.369. The number of carbonyl (C=O) groups excluding carboxylic acids is 3. The van der Waals surface area contributed by atoms with E-state index in [2.05, 4.69) is 15.5 Å². The second kappa shape index (κ2) is 8.06. The Kier molecular flexibility index (Phi) is 5.33. The molecule has 1 aromatic heterocycles. The van der Waals surface area contributed by atoms with Crippen LogP contribution in [0.3, 0.4) is 0 Å². The first-order valence-corrected chi connectivity index (χ1v) is 9.98. The van der Waals surface area contributed by atoms with E-state index in [4.69, 9.17) is 0 Å². The number of nitrogens with zero attached hydrogens (tertiary/aromatic N) is 3. The molecule has 8 heteroatoms. The van der Waals surface area contributed by atoms with Crippen LogP contribution in [0, 0.1) is 5.92 Å². The van der Waals surface area contributed by atoms with Gasteiger partial charge in [0.1, 0.15) is 0 Å². The Balaban J connectivity index is 1.58. The molecule has 0 radical (unpaired) electrons. The lowest BCUT2D eigenvalue weighted by Crippen LogP contribution is -2.55. The highest BCUT2D eigenvalue weighted by molar-refractivity contribution is 5.88. The summed E-state index contributed by atoms with van der Waals surface area (Å²) >= 11 is 0. The second-order valence-corrected chi connectivity index (χ2v) is 7.58. The lowest BCUT2D eigenvalue weighted by molar-refractivity contribution is -0.149. The Morgan fingerprint density at radius 2 is 2.03 bits per heavy atom. The molecule has 3 amide bonds. The van der Waals surface area contributed by atoms with Crippen molar-refractivity contribution in [3.8, 4) is 0 Å². The van der Waals surface area contributed by atoms with E-state index in [0.29, 0.717) is 25.9 Å². The molecule has 0 bridgehead atoms. The Morgan fingerprint density at radius 1 is 1.24 bits per heavy atom. The molecule has 0 aliphatic carbocycles. The van der Waals surface area contributed by atoms with Gasteiger partial charge in [-0.25, -0.2) is 0 Å². The van der Waals surface area contributed by atoms with Crippen LogP contribution in [0.5, 0.6) is 0 Å². The predicted octanol–water partition coefficient (Wildman–Crippen LogP) is 1.24. The van der Waals surface area contributed by atoms with Gasteiger partial charge in [0.25, 0.3) is 0 Å². The lowest BCUT2D eigenvalue weighted by atomic mass is 9.92. The zero-order chi connectivity index (χ0) is 20.4. The van der Waals surface area contributed by atoms with E-state index >= 15 is 0 Å². The summed E-state index contributed by atoms with van der Waals surface area (Å²) in [5.74, 6) is -0.586. The maximum absolute atomic E-state index is 13.1. The highest BCUT2D eigenvalue weighted by atomic mass is 16.2. The first-order chi connectivity index (χ1) is 14.1. The van der Waals surface area contributed by atoms with Gasteiger partial charge in [-0.05, 0) is 18.1 Å². The number of H-pyrrole nitrogens is 1. The highest BCUT2D eigenvalue weighted by Crippen LogP contribution is 2.43. The van der Waals surface area contributed by atoms with E-state index in [0.717, 1.165) is 11.3 Å². The number of carbonyl (C=O) groups is 3. The fourth-order valence-corrected chi connectivity index (χ4v) is 4.45.